The summed E-state index contributed by atoms with van der Waals surface area (Å²) in [5, 5.41) is 6.46. The summed E-state index contributed by atoms with van der Waals surface area (Å²) >= 11 is 0. The van der Waals surface area contributed by atoms with E-state index >= 15 is 0 Å². The Balaban J connectivity index is 1.62. The second-order valence-electron chi connectivity index (χ2n) is 8.74. The molecule has 2 fully saturated rings. The molecule has 2 aliphatic rings. The SMILES string of the molecule is COC(=O)[C@@H]1CCCN1C(=O)c1ccc(NC2CCCCC2)c(C(=O)Nc2ccccc2)c1. The number of anilines is 2. The van der Waals surface area contributed by atoms with Crippen LogP contribution in [0.4, 0.5) is 11.4 Å². The summed E-state index contributed by atoms with van der Waals surface area (Å²) in [6.07, 6.45) is 7.04. The number of carbonyl (C=O) groups excluding carboxylic acids is 3. The lowest BCUT2D eigenvalue weighted by Gasteiger charge is -2.26. The number of hydrogen-bond donors (Lipinski definition) is 2. The molecule has 2 aromatic rings. The summed E-state index contributed by atoms with van der Waals surface area (Å²) in [6, 6.07) is 14.2. The first-order chi connectivity index (χ1) is 16.1. The normalized spacial score (nSPS) is 18.6. The van der Waals surface area contributed by atoms with E-state index in [0.29, 0.717) is 35.8 Å². The van der Waals surface area contributed by atoms with Crippen molar-refractivity contribution in [3.8, 4) is 0 Å². The molecule has 1 atom stereocenters. The van der Waals surface area contributed by atoms with Crippen LogP contribution in [0.25, 0.3) is 0 Å². The van der Waals surface area contributed by atoms with E-state index in [1.807, 2.05) is 36.4 Å². The van der Waals surface area contributed by atoms with Crippen LogP contribution in [0, 0.1) is 0 Å². The number of benzene rings is 2. The molecular weight excluding hydrogens is 418 g/mol. The van der Waals surface area contributed by atoms with E-state index in [2.05, 4.69) is 10.6 Å². The fourth-order valence-corrected chi connectivity index (χ4v) is 4.73. The fourth-order valence-electron chi connectivity index (χ4n) is 4.73. The van der Waals surface area contributed by atoms with Crippen molar-refractivity contribution in [2.75, 3.05) is 24.3 Å². The zero-order chi connectivity index (χ0) is 23.2. The van der Waals surface area contributed by atoms with Gasteiger partial charge in [0.1, 0.15) is 6.04 Å². The molecule has 0 aromatic heterocycles. The monoisotopic (exact) mass is 449 g/mol. The van der Waals surface area contributed by atoms with Crippen molar-refractivity contribution in [1.29, 1.82) is 0 Å². The van der Waals surface area contributed by atoms with Gasteiger partial charge in [-0.25, -0.2) is 4.79 Å². The van der Waals surface area contributed by atoms with Gasteiger partial charge in [0.25, 0.3) is 11.8 Å². The van der Waals surface area contributed by atoms with Gasteiger partial charge in [0.15, 0.2) is 0 Å². The van der Waals surface area contributed by atoms with Gasteiger partial charge in [-0.3, -0.25) is 9.59 Å². The first-order valence-corrected chi connectivity index (χ1v) is 11.7. The number of methoxy groups -OCH3 is 1. The minimum atomic E-state index is -0.580. The third kappa shape index (κ3) is 5.35. The molecule has 1 aliphatic carbocycles. The number of amides is 2. The van der Waals surface area contributed by atoms with Gasteiger partial charge in [0, 0.05) is 29.5 Å². The predicted octanol–water partition coefficient (Wildman–Crippen LogP) is 4.46. The van der Waals surface area contributed by atoms with E-state index in [1.165, 1.54) is 26.4 Å². The van der Waals surface area contributed by atoms with Gasteiger partial charge in [-0.05, 0) is 56.0 Å². The highest BCUT2D eigenvalue weighted by molar-refractivity contribution is 6.10. The van der Waals surface area contributed by atoms with Crippen molar-refractivity contribution >= 4 is 29.2 Å². The van der Waals surface area contributed by atoms with Gasteiger partial charge in [-0.2, -0.15) is 0 Å². The van der Waals surface area contributed by atoms with E-state index in [1.54, 1.807) is 17.0 Å². The van der Waals surface area contributed by atoms with E-state index < -0.39 is 12.0 Å². The van der Waals surface area contributed by atoms with Gasteiger partial charge >= 0.3 is 5.97 Å². The predicted molar refractivity (Wildman–Crippen MR) is 127 cm³/mol. The molecular formula is C26H31N3O4. The first-order valence-electron chi connectivity index (χ1n) is 11.7. The van der Waals surface area contributed by atoms with Gasteiger partial charge in [-0.1, -0.05) is 37.5 Å². The van der Waals surface area contributed by atoms with E-state index in [-0.39, 0.29) is 11.8 Å². The van der Waals surface area contributed by atoms with Crippen LogP contribution in [0.15, 0.2) is 48.5 Å². The van der Waals surface area contributed by atoms with Gasteiger partial charge in [0.05, 0.1) is 12.7 Å². The molecule has 4 rings (SSSR count). The highest BCUT2D eigenvalue weighted by Gasteiger charge is 2.35. The summed E-state index contributed by atoms with van der Waals surface area (Å²) in [6.45, 7) is 0.492. The Morgan fingerprint density at radius 1 is 0.939 bits per heavy atom. The quantitative estimate of drug-likeness (QED) is 0.636. The number of esters is 1. The van der Waals surface area contributed by atoms with Crippen LogP contribution >= 0.6 is 0 Å². The smallest absolute Gasteiger partial charge is 0.328 e. The maximum Gasteiger partial charge on any atom is 0.328 e. The van der Waals surface area contributed by atoms with Crippen LogP contribution < -0.4 is 10.6 Å². The molecule has 0 radical (unpaired) electrons. The molecule has 1 saturated heterocycles. The molecule has 7 nitrogen and oxygen atoms in total. The number of ether oxygens (including phenoxy) is 1. The van der Waals surface area contributed by atoms with Crippen molar-refractivity contribution in [2.24, 2.45) is 0 Å². The number of hydrogen-bond acceptors (Lipinski definition) is 5. The van der Waals surface area contributed by atoms with Gasteiger partial charge in [0.2, 0.25) is 0 Å². The molecule has 2 N–H and O–H groups in total. The molecule has 0 spiro atoms. The molecule has 7 heteroatoms. The average molecular weight is 450 g/mol. The molecule has 2 amide bonds. The second-order valence-corrected chi connectivity index (χ2v) is 8.74. The standard InChI is InChI=1S/C26H31N3O4/c1-33-26(32)23-13-8-16-29(23)25(31)18-14-15-22(27-19-9-4-2-5-10-19)21(17-18)24(30)28-20-11-6-3-7-12-20/h3,6-7,11-12,14-15,17,19,23,27H,2,4-5,8-10,13,16H2,1H3,(H,28,30)/t23-/m0/s1. The zero-order valence-electron chi connectivity index (χ0n) is 19.0. The maximum absolute atomic E-state index is 13.3. The van der Waals surface area contributed by atoms with E-state index in [0.717, 1.165) is 24.9 Å². The van der Waals surface area contributed by atoms with E-state index in [9.17, 15) is 14.4 Å². The summed E-state index contributed by atoms with van der Waals surface area (Å²) in [5.41, 5.74) is 2.22. The second kappa shape index (κ2) is 10.5. The Hall–Kier alpha value is -3.35. The Kier molecular flexibility index (Phi) is 7.27. The molecule has 0 bridgehead atoms. The molecule has 0 unspecified atom stereocenters. The Bertz CT molecular complexity index is 1000. The lowest BCUT2D eigenvalue weighted by Crippen LogP contribution is -2.41. The maximum atomic E-state index is 13.3. The topological polar surface area (TPSA) is 87.7 Å². The van der Waals surface area contributed by atoms with Crippen molar-refractivity contribution in [3.05, 3.63) is 59.7 Å². The molecule has 1 aliphatic heterocycles. The lowest BCUT2D eigenvalue weighted by atomic mass is 9.94. The summed E-state index contributed by atoms with van der Waals surface area (Å²) in [5.74, 6) is -0.945. The van der Waals surface area contributed by atoms with Gasteiger partial charge in [-0.15, -0.1) is 0 Å². The van der Waals surface area contributed by atoms with Crippen molar-refractivity contribution in [3.63, 3.8) is 0 Å². The molecule has 1 heterocycles. The minimum Gasteiger partial charge on any atom is -0.467 e. The van der Waals surface area contributed by atoms with E-state index in [4.69, 9.17) is 4.74 Å². The van der Waals surface area contributed by atoms with Crippen LogP contribution in [-0.2, 0) is 9.53 Å². The van der Waals surface area contributed by atoms with Crippen molar-refractivity contribution in [2.45, 2.75) is 57.0 Å². The largest absolute Gasteiger partial charge is 0.467 e. The third-order valence-electron chi connectivity index (χ3n) is 6.49. The Morgan fingerprint density at radius 2 is 1.70 bits per heavy atom. The molecule has 33 heavy (non-hydrogen) atoms. The summed E-state index contributed by atoms with van der Waals surface area (Å²) in [4.78, 5) is 40.2. The molecule has 1 saturated carbocycles. The zero-order valence-corrected chi connectivity index (χ0v) is 19.0. The lowest BCUT2D eigenvalue weighted by molar-refractivity contribution is -0.145. The molecule has 174 valence electrons. The van der Waals surface area contributed by atoms with Gasteiger partial charge < -0.3 is 20.3 Å². The van der Waals surface area contributed by atoms with Crippen LogP contribution in [0.1, 0.15) is 65.7 Å². The fraction of sp³-hybridized carbons (Fsp3) is 0.423. The summed E-state index contributed by atoms with van der Waals surface area (Å²) in [7, 11) is 1.33. The summed E-state index contributed by atoms with van der Waals surface area (Å²) < 4.78 is 4.88. The Labute approximate surface area is 194 Å². The van der Waals surface area contributed by atoms with Crippen LogP contribution in [0.3, 0.4) is 0 Å². The number of carbonyl (C=O) groups is 3. The molecule has 2 aromatic carbocycles. The number of rotatable bonds is 6. The van der Waals surface area contributed by atoms with Crippen LogP contribution in [0.5, 0.6) is 0 Å². The number of para-hydroxylation sites is 1. The third-order valence-corrected chi connectivity index (χ3v) is 6.49. The highest BCUT2D eigenvalue weighted by Crippen LogP contribution is 2.27. The van der Waals surface area contributed by atoms with Crippen molar-refractivity contribution in [1.82, 2.24) is 4.90 Å². The number of nitrogens with one attached hydrogen (secondary N) is 2. The number of nitrogens with zero attached hydrogens (tertiary/aromatic N) is 1. The highest BCUT2D eigenvalue weighted by atomic mass is 16.5. The first kappa shape index (κ1) is 22.8. The Morgan fingerprint density at radius 3 is 2.42 bits per heavy atom. The van der Waals surface area contributed by atoms with Crippen LogP contribution in [0.2, 0.25) is 0 Å². The van der Waals surface area contributed by atoms with Crippen molar-refractivity contribution < 1.29 is 19.1 Å². The minimum absolute atomic E-state index is 0.263. The van der Waals surface area contributed by atoms with Crippen LogP contribution in [-0.4, -0.2) is 48.4 Å². The average Bonchev–Trinajstić information content (AvgIpc) is 3.34. The number of likely N-dealkylation sites (tertiary alicyclic amines) is 1.